The van der Waals surface area contributed by atoms with Crippen LogP contribution in [0.25, 0.3) is 0 Å². The molecule has 1 aromatic carbocycles. The summed E-state index contributed by atoms with van der Waals surface area (Å²) in [6, 6.07) is 6.38. The second kappa shape index (κ2) is 6.87. The molecule has 1 aliphatic heterocycles. The fourth-order valence-electron chi connectivity index (χ4n) is 2.96. The Bertz CT molecular complexity index is 858. The summed E-state index contributed by atoms with van der Waals surface area (Å²) in [5.41, 5.74) is 1.24. The molecule has 1 amide bonds. The van der Waals surface area contributed by atoms with E-state index in [-0.39, 0.29) is 24.0 Å². The highest BCUT2D eigenvalue weighted by atomic mass is 32.2. The second-order valence-electron chi connectivity index (χ2n) is 6.03. The molecular weight excluding hydrogens is 342 g/mol. The first-order chi connectivity index (χ1) is 11.9. The van der Waals surface area contributed by atoms with Gasteiger partial charge in [-0.15, -0.1) is 0 Å². The quantitative estimate of drug-likeness (QED) is 0.821. The summed E-state index contributed by atoms with van der Waals surface area (Å²) in [6.45, 7) is 2.63. The third kappa shape index (κ3) is 3.84. The van der Waals surface area contributed by atoms with Gasteiger partial charge in [0.15, 0.2) is 9.84 Å². The van der Waals surface area contributed by atoms with E-state index in [1.165, 1.54) is 0 Å². The van der Waals surface area contributed by atoms with Crippen molar-refractivity contribution in [2.45, 2.75) is 13.0 Å². The number of nitrogens with zero attached hydrogens (tertiary/aromatic N) is 3. The van der Waals surface area contributed by atoms with Crippen molar-refractivity contribution in [3.05, 3.63) is 47.8 Å². The second-order valence-corrected chi connectivity index (χ2v) is 8.26. The summed E-state index contributed by atoms with van der Waals surface area (Å²) in [5, 5.41) is 4.11. The van der Waals surface area contributed by atoms with Crippen LogP contribution >= 0.6 is 0 Å². The highest BCUT2D eigenvalue weighted by Gasteiger charge is 2.36. The molecule has 134 valence electrons. The maximum Gasteiger partial charge on any atom is 0.254 e. The molecule has 1 unspecified atom stereocenters. The van der Waals surface area contributed by atoms with E-state index < -0.39 is 15.9 Å². The Morgan fingerprint density at radius 1 is 1.32 bits per heavy atom. The Balaban J connectivity index is 1.88. The summed E-state index contributed by atoms with van der Waals surface area (Å²) in [5.74, 6) is 0.407. The Morgan fingerprint density at radius 2 is 2.04 bits per heavy atom. The summed E-state index contributed by atoms with van der Waals surface area (Å²) in [6.07, 6.45) is 3.37. The molecule has 1 aliphatic rings. The van der Waals surface area contributed by atoms with Crippen molar-refractivity contribution in [3.63, 3.8) is 0 Å². The van der Waals surface area contributed by atoms with Crippen molar-refractivity contribution in [1.29, 1.82) is 0 Å². The minimum Gasteiger partial charge on any atom is -0.494 e. The first kappa shape index (κ1) is 17.5. The first-order valence-corrected chi connectivity index (χ1v) is 9.94. The summed E-state index contributed by atoms with van der Waals surface area (Å²) < 4.78 is 31.2. The van der Waals surface area contributed by atoms with Gasteiger partial charge in [0, 0.05) is 30.9 Å². The smallest absolute Gasteiger partial charge is 0.254 e. The highest BCUT2D eigenvalue weighted by Crippen LogP contribution is 2.28. The number of benzene rings is 1. The van der Waals surface area contributed by atoms with Crippen LogP contribution in [0.2, 0.25) is 0 Å². The van der Waals surface area contributed by atoms with Gasteiger partial charge in [-0.05, 0) is 31.2 Å². The molecule has 0 saturated carbocycles. The van der Waals surface area contributed by atoms with Gasteiger partial charge in [-0.2, -0.15) is 5.10 Å². The van der Waals surface area contributed by atoms with Crippen molar-refractivity contribution in [1.82, 2.24) is 14.7 Å². The largest absolute Gasteiger partial charge is 0.494 e. The number of aryl methyl sites for hydroxylation is 1. The van der Waals surface area contributed by atoms with Crippen LogP contribution in [-0.4, -0.2) is 53.7 Å². The molecule has 7 nitrogen and oxygen atoms in total. The zero-order valence-electron chi connectivity index (χ0n) is 14.3. The molecule has 0 bridgehead atoms. The van der Waals surface area contributed by atoms with Crippen molar-refractivity contribution in [3.8, 4) is 5.75 Å². The SMILES string of the molecule is CCOc1ccc(C(=O)N2CCS(=O)(=O)CC2c2cnn(C)c2)cc1. The minimum atomic E-state index is -3.18. The number of aromatic nitrogens is 2. The van der Waals surface area contributed by atoms with Crippen molar-refractivity contribution in [2.24, 2.45) is 7.05 Å². The monoisotopic (exact) mass is 363 g/mol. The summed E-state index contributed by atoms with van der Waals surface area (Å²) >= 11 is 0. The van der Waals surface area contributed by atoms with Crippen molar-refractivity contribution in [2.75, 3.05) is 24.7 Å². The molecule has 0 aliphatic carbocycles. The Labute approximate surface area is 147 Å². The van der Waals surface area contributed by atoms with Gasteiger partial charge in [-0.25, -0.2) is 8.42 Å². The molecule has 25 heavy (non-hydrogen) atoms. The van der Waals surface area contributed by atoms with E-state index >= 15 is 0 Å². The lowest BCUT2D eigenvalue weighted by Crippen LogP contribution is -2.46. The van der Waals surface area contributed by atoms with Gasteiger partial charge in [0.2, 0.25) is 0 Å². The fourth-order valence-corrected chi connectivity index (χ4v) is 4.46. The summed E-state index contributed by atoms with van der Waals surface area (Å²) in [4.78, 5) is 14.6. The van der Waals surface area contributed by atoms with Gasteiger partial charge in [-0.1, -0.05) is 0 Å². The van der Waals surface area contributed by atoms with E-state index in [0.717, 1.165) is 5.56 Å². The molecule has 8 heteroatoms. The van der Waals surface area contributed by atoms with E-state index in [9.17, 15) is 13.2 Å². The van der Waals surface area contributed by atoms with Crippen LogP contribution in [0.5, 0.6) is 5.75 Å². The number of carbonyl (C=O) groups excluding carboxylic acids is 1. The van der Waals surface area contributed by atoms with Gasteiger partial charge in [0.25, 0.3) is 5.91 Å². The van der Waals surface area contributed by atoms with E-state index in [1.54, 1.807) is 53.3 Å². The maximum absolute atomic E-state index is 12.9. The van der Waals surface area contributed by atoms with Crippen LogP contribution in [0.1, 0.15) is 28.9 Å². The van der Waals surface area contributed by atoms with Gasteiger partial charge < -0.3 is 9.64 Å². The van der Waals surface area contributed by atoms with E-state index in [0.29, 0.717) is 17.9 Å². The minimum absolute atomic E-state index is 0.0213. The van der Waals surface area contributed by atoms with E-state index in [2.05, 4.69) is 5.10 Å². The van der Waals surface area contributed by atoms with Gasteiger partial charge in [0.1, 0.15) is 5.75 Å². The zero-order valence-corrected chi connectivity index (χ0v) is 15.1. The van der Waals surface area contributed by atoms with Crippen LogP contribution in [0, 0.1) is 0 Å². The average Bonchev–Trinajstić information content (AvgIpc) is 3.01. The highest BCUT2D eigenvalue weighted by molar-refractivity contribution is 7.91. The Kier molecular flexibility index (Phi) is 4.80. The predicted molar refractivity (Wildman–Crippen MR) is 93.3 cm³/mol. The zero-order chi connectivity index (χ0) is 18.0. The predicted octanol–water partition coefficient (Wildman–Crippen LogP) is 1.43. The number of hydrogen-bond acceptors (Lipinski definition) is 5. The molecule has 0 N–H and O–H groups in total. The van der Waals surface area contributed by atoms with Crippen LogP contribution in [0.3, 0.4) is 0 Å². The van der Waals surface area contributed by atoms with Crippen LogP contribution in [-0.2, 0) is 16.9 Å². The van der Waals surface area contributed by atoms with Crippen molar-refractivity contribution >= 4 is 15.7 Å². The molecule has 1 fully saturated rings. The normalized spacial score (nSPS) is 19.6. The third-order valence-electron chi connectivity index (χ3n) is 4.21. The molecule has 2 heterocycles. The molecular formula is C17H21N3O4S. The lowest BCUT2D eigenvalue weighted by molar-refractivity contribution is 0.0697. The number of rotatable bonds is 4. The molecule has 1 atom stereocenters. The topological polar surface area (TPSA) is 81.5 Å². The number of ether oxygens (including phenoxy) is 1. The molecule has 0 radical (unpaired) electrons. The maximum atomic E-state index is 12.9. The number of amides is 1. The third-order valence-corrected chi connectivity index (χ3v) is 5.84. The average molecular weight is 363 g/mol. The van der Waals surface area contributed by atoms with Gasteiger partial charge in [0.05, 0.1) is 30.4 Å². The lowest BCUT2D eigenvalue weighted by Gasteiger charge is -2.35. The molecule has 3 rings (SSSR count). The first-order valence-electron chi connectivity index (χ1n) is 8.12. The lowest BCUT2D eigenvalue weighted by atomic mass is 10.1. The molecule has 1 saturated heterocycles. The van der Waals surface area contributed by atoms with Crippen LogP contribution in [0.15, 0.2) is 36.7 Å². The number of carbonyl (C=O) groups is 1. The number of hydrogen-bond donors (Lipinski definition) is 0. The fraction of sp³-hybridized carbons (Fsp3) is 0.412. The summed E-state index contributed by atoms with van der Waals surface area (Å²) in [7, 11) is -1.42. The van der Waals surface area contributed by atoms with E-state index in [4.69, 9.17) is 4.74 Å². The standard InChI is InChI=1S/C17H21N3O4S/c1-3-24-15-6-4-13(5-7-15)17(21)20-8-9-25(22,23)12-16(20)14-10-18-19(2)11-14/h4-7,10-11,16H,3,8-9,12H2,1-2H3. The van der Waals surface area contributed by atoms with Gasteiger partial charge >= 0.3 is 0 Å². The molecule has 1 aromatic heterocycles. The number of sulfone groups is 1. The van der Waals surface area contributed by atoms with Crippen molar-refractivity contribution < 1.29 is 17.9 Å². The van der Waals surface area contributed by atoms with Gasteiger partial charge in [-0.3, -0.25) is 9.48 Å². The molecule has 0 spiro atoms. The Morgan fingerprint density at radius 3 is 2.64 bits per heavy atom. The van der Waals surface area contributed by atoms with E-state index in [1.807, 2.05) is 6.92 Å². The molecule has 2 aromatic rings. The Hall–Kier alpha value is -2.35. The van der Waals surface area contributed by atoms with Crippen LogP contribution in [0.4, 0.5) is 0 Å². The van der Waals surface area contributed by atoms with Crippen LogP contribution < -0.4 is 4.74 Å².